The van der Waals surface area contributed by atoms with Gasteiger partial charge in [0.05, 0.1) is 5.69 Å². The van der Waals surface area contributed by atoms with E-state index in [4.69, 9.17) is 0 Å². The number of carbonyl (C=O) groups excluding carboxylic acids is 1. The minimum atomic E-state index is -0.647. The van der Waals surface area contributed by atoms with Gasteiger partial charge in [0, 0.05) is 7.05 Å². The van der Waals surface area contributed by atoms with Gasteiger partial charge in [-0.2, -0.15) is 0 Å². The van der Waals surface area contributed by atoms with Crippen LogP contribution in [0, 0.1) is 0 Å². The number of benzene rings is 1. The minimum absolute atomic E-state index is 0.0666. The number of phenolic OH excluding ortho intramolecular Hbond substituents is 1. The van der Waals surface area contributed by atoms with E-state index >= 15 is 0 Å². The summed E-state index contributed by atoms with van der Waals surface area (Å²) in [7, 11) is 1.80. The Morgan fingerprint density at radius 2 is 2.07 bits per heavy atom. The van der Waals surface area contributed by atoms with Crippen molar-refractivity contribution in [2.24, 2.45) is 0 Å². The van der Waals surface area contributed by atoms with E-state index in [9.17, 15) is 9.90 Å². The van der Waals surface area contributed by atoms with E-state index in [1.165, 1.54) is 0 Å². The highest BCUT2D eigenvalue weighted by atomic mass is 16.3. The Kier molecular flexibility index (Phi) is 1.89. The van der Waals surface area contributed by atoms with E-state index in [-0.39, 0.29) is 11.7 Å². The molecule has 1 aromatic rings. The maximum absolute atomic E-state index is 11.8. The average Bonchev–Trinajstić information content (AvgIpc) is 2.15. The number of hydrogen-bond acceptors (Lipinski definition) is 3. The Morgan fingerprint density at radius 3 is 2.73 bits per heavy atom. The highest BCUT2D eigenvalue weighted by Crippen LogP contribution is 2.41. The van der Waals surface area contributed by atoms with E-state index in [1.54, 1.807) is 30.1 Å². The fourth-order valence-electron chi connectivity index (χ4n) is 1.69. The molecule has 1 aromatic carbocycles. The molecule has 0 saturated heterocycles. The van der Waals surface area contributed by atoms with Crippen molar-refractivity contribution in [1.82, 2.24) is 0 Å². The first-order chi connectivity index (χ1) is 6.94. The van der Waals surface area contributed by atoms with Crippen molar-refractivity contribution in [2.75, 3.05) is 17.3 Å². The highest BCUT2D eigenvalue weighted by Gasteiger charge is 2.39. The summed E-state index contributed by atoms with van der Waals surface area (Å²) in [5, 5.41) is 12.5. The molecule has 4 heteroatoms. The first kappa shape index (κ1) is 9.83. The Hall–Kier alpha value is -1.71. The summed E-state index contributed by atoms with van der Waals surface area (Å²) in [4.78, 5) is 13.6. The van der Waals surface area contributed by atoms with Crippen LogP contribution in [0.5, 0.6) is 5.75 Å². The Bertz CT molecular complexity index is 427. The number of likely N-dealkylation sites (N-methyl/N-ethyl adjacent to an activating group) is 1. The fourth-order valence-corrected chi connectivity index (χ4v) is 1.69. The molecular formula is C11H14N2O2. The molecule has 0 aromatic heterocycles. The zero-order valence-electron chi connectivity index (χ0n) is 9.03. The molecule has 0 bridgehead atoms. The van der Waals surface area contributed by atoms with Gasteiger partial charge in [0.15, 0.2) is 0 Å². The quantitative estimate of drug-likeness (QED) is 0.677. The largest absolute Gasteiger partial charge is 0.506 e. The summed E-state index contributed by atoms with van der Waals surface area (Å²) in [6.07, 6.45) is 0. The van der Waals surface area contributed by atoms with Crippen LogP contribution >= 0.6 is 0 Å². The van der Waals surface area contributed by atoms with Crippen LogP contribution in [-0.2, 0) is 4.79 Å². The molecular weight excluding hydrogens is 192 g/mol. The van der Waals surface area contributed by atoms with Crippen molar-refractivity contribution in [3.8, 4) is 5.75 Å². The number of nitrogens with one attached hydrogen (secondary N) is 1. The number of amides is 1. The number of anilines is 2. The predicted molar refractivity (Wildman–Crippen MR) is 59.2 cm³/mol. The lowest BCUT2D eigenvalue weighted by Gasteiger charge is -2.41. The molecule has 80 valence electrons. The molecule has 1 amide bonds. The zero-order valence-corrected chi connectivity index (χ0v) is 9.03. The van der Waals surface area contributed by atoms with E-state index in [0.29, 0.717) is 11.4 Å². The van der Waals surface area contributed by atoms with Crippen LogP contribution in [0.2, 0.25) is 0 Å². The predicted octanol–water partition coefficient (Wildman–Crippen LogP) is 1.56. The van der Waals surface area contributed by atoms with Gasteiger partial charge in [-0.15, -0.1) is 0 Å². The van der Waals surface area contributed by atoms with E-state index in [0.717, 1.165) is 0 Å². The lowest BCUT2D eigenvalue weighted by Crippen LogP contribution is -2.54. The van der Waals surface area contributed by atoms with Gasteiger partial charge in [0.1, 0.15) is 17.0 Å². The lowest BCUT2D eigenvalue weighted by atomic mass is 9.97. The summed E-state index contributed by atoms with van der Waals surface area (Å²) in [5.74, 6) is 0.117. The zero-order chi connectivity index (χ0) is 11.2. The van der Waals surface area contributed by atoms with Crippen LogP contribution < -0.4 is 10.2 Å². The maximum Gasteiger partial charge on any atom is 0.249 e. The monoisotopic (exact) mass is 206 g/mol. The number of nitrogens with zero attached hydrogens (tertiary/aromatic N) is 1. The number of hydrogen-bond donors (Lipinski definition) is 2. The topological polar surface area (TPSA) is 52.6 Å². The number of aromatic hydroxyl groups is 1. The molecule has 0 aliphatic carbocycles. The van der Waals surface area contributed by atoms with Crippen LogP contribution in [0.25, 0.3) is 0 Å². The second kappa shape index (κ2) is 2.89. The minimum Gasteiger partial charge on any atom is -0.506 e. The third kappa shape index (κ3) is 1.25. The molecule has 0 unspecified atom stereocenters. The molecule has 0 spiro atoms. The van der Waals surface area contributed by atoms with Crippen LogP contribution in [0.15, 0.2) is 18.2 Å². The second-order valence-corrected chi connectivity index (χ2v) is 4.25. The molecule has 1 aliphatic rings. The van der Waals surface area contributed by atoms with Gasteiger partial charge in [0.25, 0.3) is 0 Å². The van der Waals surface area contributed by atoms with Crippen LogP contribution in [0.3, 0.4) is 0 Å². The van der Waals surface area contributed by atoms with Gasteiger partial charge in [-0.1, -0.05) is 6.07 Å². The van der Waals surface area contributed by atoms with Gasteiger partial charge in [-0.3, -0.25) is 4.79 Å². The molecule has 4 nitrogen and oxygen atoms in total. The normalized spacial score (nSPS) is 18.3. The maximum atomic E-state index is 11.8. The first-order valence-corrected chi connectivity index (χ1v) is 4.82. The fraction of sp³-hybridized carbons (Fsp3) is 0.364. The highest BCUT2D eigenvalue weighted by molar-refractivity contribution is 6.07. The SMILES string of the molecule is CN1c2c(O)cccc2NC(=O)C1(C)C. The molecule has 2 N–H and O–H groups in total. The van der Waals surface area contributed by atoms with Crippen molar-refractivity contribution in [2.45, 2.75) is 19.4 Å². The number of fused-ring (bicyclic) bond motifs is 1. The number of phenols is 1. The lowest BCUT2D eigenvalue weighted by molar-refractivity contribution is -0.120. The van der Waals surface area contributed by atoms with Gasteiger partial charge in [-0.05, 0) is 26.0 Å². The Labute approximate surface area is 88.5 Å². The van der Waals surface area contributed by atoms with Crippen molar-refractivity contribution >= 4 is 17.3 Å². The molecule has 0 saturated carbocycles. The Balaban J connectivity index is 2.62. The molecule has 2 rings (SSSR count). The van der Waals surface area contributed by atoms with Gasteiger partial charge < -0.3 is 15.3 Å². The summed E-state index contributed by atoms with van der Waals surface area (Å²) < 4.78 is 0. The number of rotatable bonds is 0. The van der Waals surface area contributed by atoms with Crippen LogP contribution in [0.4, 0.5) is 11.4 Å². The summed E-state index contributed by atoms with van der Waals surface area (Å²) in [6.45, 7) is 3.63. The van der Waals surface area contributed by atoms with Crippen LogP contribution in [0.1, 0.15) is 13.8 Å². The summed E-state index contributed by atoms with van der Waals surface area (Å²) in [6, 6.07) is 5.10. The molecule has 1 heterocycles. The van der Waals surface area contributed by atoms with E-state index in [1.807, 2.05) is 13.8 Å². The van der Waals surface area contributed by atoms with Crippen molar-refractivity contribution in [3.63, 3.8) is 0 Å². The molecule has 0 radical (unpaired) electrons. The summed E-state index contributed by atoms with van der Waals surface area (Å²) in [5.41, 5.74) is 0.676. The molecule has 0 fully saturated rings. The molecule has 1 aliphatic heterocycles. The van der Waals surface area contributed by atoms with Crippen LogP contribution in [-0.4, -0.2) is 23.6 Å². The molecule has 0 atom stereocenters. The standard InChI is InChI=1S/C11H14N2O2/c1-11(2)10(15)12-7-5-4-6-8(14)9(7)13(11)3/h4-6,14H,1-3H3,(H,12,15). The number of carbonyl (C=O) groups is 1. The van der Waals surface area contributed by atoms with Crippen molar-refractivity contribution < 1.29 is 9.90 Å². The van der Waals surface area contributed by atoms with E-state index in [2.05, 4.69) is 5.32 Å². The van der Waals surface area contributed by atoms with Crippen molar-refractivity contribution in [3.05, 3.63) is 18.2 Å². The summed E-state index contributed by atoms with van der Waals surface area (Å²) >= 11 is 0. The molecule has 15 heavy (non-hydrogen) atoms. The average molecular weight is 206 g/mol. The van der Waals surface area contributed by atoms with E-state index < -0.39 is 5.54 Å². The van der Waals surface area contributed by atoms with Crippen molar-refractivity contribution in [1.29, 1.82) is 0 Å². The third-order valence-corrected chi connectivity index (χ3v) is 2.99. The van der Waals surface area contributed by atoms with Gasteiger partial charge in [0.2, 0.25) is 5.91 Å². The second-order valence-electron chi connectivity index (χ2n) is 4.25. The third-order valence-electron chi connectivity index (χ3n) is 2.99. The smallest absolute Gasteiger partial charge is 0.249 e. The number of para-hydroxylation sites is 1. The Morgan fingerprint density at radius 1 is 1.40 bits per heavy atom. The van der Waals surface area contributed by atoms with Gasteiger partial charge in [-0.25, -0.2) is 0 Å². The van der Waals surface area contributed by atoms with Gasteiger partial charge >= 0.3 is 0 Å². The first-order valence-electron chi connectivity index (χ1n) is 4.82.